The summed E-state index contributed by atoms with van der Waals surface area (Å²) in [6.07, 6.45) is 1.56. The number of anilines is 2. The number of amides is 2. The maximum absolute atomic E-state index is 12.9. The fourth-order valence-corrected chi connectivity index (χ4v) is 3.95. The quantitative estimate of drug-likeness (QED) is 0.800. The molecule has 29 heavy (non-hydrogen) atoms. The first-order valence-corrected chi connectivity index (χ1v) is 9.89. The number of ether oxygens (including phenoxy) is 1. The lowest BCUT2D eigenvalue weighted by atomic mass is 10.0. The Hall–Kier alpha value is -3.28. The molecule has 0 saturated carbocycles. The third-order valence-electron chi connectivity index (χ3n) is 5.60. The first-order chi connectivity index (χ1) is 14.1. The van der Waals surface area contributed by atoms with Crippen molar-refractivity contribution in [1.29, 1.82) is 0 Å². The normalized spacial score (nSPS) is 16.7. The highest BCUT2D eigenvalue weighted by atomic mass is 16.6. The number of hydrogen-bond acceptors (Lipinski definition) is 4. The molecule has 2 aromatic rings. The number of aryl methyl sites for hydroxylation is 1. The van der Waals surface area contributed by atoms with Crippen LogP contribution in [0.25, 0.3) is 6.08 Å². The molecule has 0 aliphatic carbocycles. The average Bonchev–Trinajstić information content (AvgIpc) is 3.19. The molecule has 0 spiro atoms. The Morgan fingerprint density at radius 2 is 1.76 bits per heavy atom. The predicted octanol–water partition coefficient (Wildman–Crippen LogP) is 3.56. The van der Waals surface area contributed by atoms with Gasteiger partial charge in [-0.2, -0.15) is 0 Å². The highest BCUT2D eigenvalue weighted by Crippen LogP contribution is 2.26. The van der Waals surface area contributed by atoms with Gasteiger partial charge in [-0.1, -0.05) is 24.8 Å². The SMILES string of the molecule is C=Cc1c(C)cccc1N1CCN(C(=O)c2ccc(N3CCOC3=O)cc2)CC1. The summed E-state index contributed by atoms with van der Waals surface area (Å²) in [6.45, 7) is 9.89. The fourth-order valence-electron chi connectivity index (χ4n) is 3.95. The van der Waals surface area contributed by atoms with E-state index in [1.54, 1.807) is 29.2 Å². The second kappa shape index (κ2) is 7.99. The van der Waals surface area contributed by atoms with Gasteiger partial charge in [-0.15, -0.1) is 0 Å². The van der Waals surface area contributed by atoms with Gasteiger partial charge < -0.3 is 14.5 Å². The van der Waals surface area contributed by atoms with Crippen molar-refractivity contribution in [2.24, 2.45) is 0 Å². The van der Waals surface area contributed by atoms with Gasteiger partial charge in [-0.05, 0) is 42.8 Å². The minimum atomic E-state index is -0.338. The van der Waals surface area contributed by atoms with E-state index in [9.17, 15) is 9.59 Å². The molecule has 4 rings (SSSR count). The second-order valence-electron chi connectivity index (χ2n) is 7.30. The fraction of sp³-hybridized carbons (Fsp3) is 0.304. The van der Waals surface area contributed by atoms with E-state index < -0.39 is 0 Å². The summed E-state index contributed by atoms with van der Waals surface area (Å²) in [5.41, 5.74) is 4.93. The third-order valence-corrected chi connectivity index (χ3v) is 5.60. The molecular formula is C23H25N3O3. The van der Waals surface area contributed by atoms with Gasteiger partial charge in [0.1, 0.15) is 6.61 Å². The largest absolute Gasteiger partial charge is 0.447 e. The Labute approximate surface area is 171 Å². The van der Waals surface area contributed by atoms with Crippen LogP contribution in [0.5, 0.6) is 0 Å². The van der Waals surface area contributed by atoms with Crippen molar-refractivity contribution in [3.63, 3.8) is 0 Å². The summed E-state index contributed by atoms with van der Waals surface area (Å²) in [6, 6.07) is 13.4. The Morgan fingerprint density at radius 3 is 2.38 bits per heavy atom. The molecular weight excluding hydrogens is 366 g/mol. The van der Waals surface area contributed by atoms with E-state index in [1.165, 1.54) is 11.3 Å². The lowest BCUT2D eigenvalue weighted by Gasteiger charge is -2.37. The number of benzene rings is 2. The predicted molar refractivity (Wildman–Crippen MR) is 115 cm³/mol. The Morgan fingerprint density at radius 1 is 1.03 bits per heavy atom. The molecule has 0 N–H and O–H groups in total. The van der Waals surface area contributed by atoms with Crippen molar-refractivity contribution in [2.45, 2.75) is 6.92 Å². The van der Waals surface area contributed by atoms with Crippen LogP contribution in [0.2, 0.25) is 0 Å². The van der Waals surface area contributed by atoms with Crippen LogP contribution >= 0.6 is 0 Å². The Kier molecular flexibility index (Phi) is 5.25. The van der Waals surface area contributed by atoms with E-state index in [0.717, 1.165) is 24.3 Å². The topological polar surface area (TPSA) is 53.1 Å². The van der Waals surface area contributed by atoms with E-state index >= 15 is 0 Å². The van der Waals surface area contributed by atoms with Crippen LogP contribution in [0.15, 0.2) is 49.0 Å². The molecule has 2 aromatic carbocycles. The summed E-state index contributed by atoms with van der Waals surface area (Å²) in [5, 5.41) is 0. The van der Waals surface area contributed by atoms with Gasteiger partial charge in [0.15, 0.2) is 0 Å². The van der Waals surface area contributed by atoms with E-state index in [1.807, 2.05) is 11.0 Å². The zero-order chi connectivity index (χ0) is 20.4. The van der Waals surface area contributed by atoms with Crippen LogP contribution in [0.4, 0.5) is 16.2 Å². The second-order valence-corrected chi connectivity index (χ2v) is 7.30. The minimum absolute atomic E-state index is 0.0217. The molecule has 2 aliphatic heterocycles. The standard InChI is InChI=1S/C23H25N3O3/c1-3-20-17(2)5-4-6-21(20)24-11-13-25(14-12-24)22(27)18-7-9-19(10-8-18)26-15-16-29-23(26)28/h3-10H,1,11-16H2,2H3. The van der Waals surface area contributed by atoms with Gasteiger partial charge in [-0.3, -0.25) is 9.69 Å². The van der Waals surface area contributed by atoms with Crippen molar-refractivity contribution < 1.29 is 14.3 Å². The molecule has 150 valence electrons. The molecule has 0 atom stereocenters. The number of hydrogen-bond donors (Lipinski definition) is 0. The first kappa shape index (κ1) is 19.1. The van der Waals surface area contributed by atoms with Crippen molar-refractivity contribution in [3.8, 4) is 0 Å². The lowest BCUT2D eigenvalue weighted by molar-refractivity contribution is 0.0747. The van der Waals surface area contributed by atoms with E-state index in [2.05, 4.69) is 36.6 Å². The van der Waals surface area contributed by atoms with Crippen LogP contribution in [-0.2, 0) is 4.74 Å². The number of cyclic esters (lactones) is 1. The molecule has 6 heteroatoms. The summed E-state index contributed by atoms with van der Waals surface area (Å²) < 4.78 is 4.96. The molecule has 2 fully saturated rings. The van der Waals surface area contributed by atoms with Gasteiger partial charge in [0.25, 0.3) is 5.91 Å². The highest BCUT2D eigenvalue weighted by Gasteiger charge is 2.25. The van der Waals surface area contributed by atoms with Crippen molar-refractivity contribution in [1.82, 2.24) is 4.90 Å². The molecule has 0 aromatic heterocycles. The molecule has 2 heterocycles. The smallest absolute Gasteiger partial charge is 0.414 e. The van der Waals surface area contributed by atoms with Crippen molar-refractivity contribution >= 4 is 29.5 Å². The van der Waals surface area contributed by atoms with Gasteiger partial charge in [0.05, 0.1) is 6.54 Å². The molecule has 0 bridgehead atoms. The maximum atomic E-state index is 12.9. The monoisotopic (exact) mass is 391 g/mol. The maximum Gasteiger partial charge on any atom is 0.414 e. The summed E-state index contributed by atoms with van der Waals surface area (Å²) in [5.74, 6) is 0.0217. The number of rotatable bonds is 4. The molecule has 0 unspecified atom stereocenters. The van der Waals surface area contributed by atoms with Crippen LogP contribution in [-0.4, -0.2) is 56.2 Å². The third kappa shape index (κ3) is 3.70. The first-order valence-electron chi connectivity index (χ1n) is 9.89. The number of piperazine rings is 1. The van der Waals surface area contributed by atoms with E-state index in [0.29, 0.717) is 31.8 Å². The van der Waals surface area contributed by atoms with Gasteiger partial charge >= 0.3 is 6.09 Å². The summed E-state index contributed by atoms with van der Waals surface area (Å²) in [7, 11) is 0. The van der Waals surface area contributed by atoms with Crippen LogP contribution in [0.3, 0.4) is 0 Å². The summed E-state index contributed by atoms with van der Waals surface area (Å²) in [4.78, 5) is 30.4. The lowest BCUT2D eigenvalue weighted by Crippen LogP contribution is -2.49. The molecule has 2 aliphatic rings. The van der Waals surface area contributed by atoms with Crippen molar-refractivity contribution in [3.05, 3.63) is 65.7 Å². The van der Waals surface area contributed by atoms with Crippen LogP contribution < -0.4 is 9.80 Å². The highest BCUT2D eigenvalue weighted by molar-refractivity contribution is 5.96. The number of nitrogens with zero attached hydrogens (tertiary/aromatic N) is 3. The summed E-state index contributed by atoms with van der Waals surface area (Å²) >= 11 is 0. The van der Waals surface area contributed by atoms with E-state index in [-0.39, 0.29) is 12.0 Å². The molecule has 0 radical (unpaired) electrons. The zero-order valence-electron chi connectivity index (χ0n) is 16.6. The average molecular weight is 391 g/mol. The van der Waals surface area contributed by atoms with E-state index in [4.69, 9.17) is 4.74 Å². The minimum Gasteiger partial charge on any atom is -0.447 e. The van der Waals surface area contributed by atoms with Gasteiger partial charge in [0, 0.05) is 48.7 Å². The molecule has 2 saturated heterocycles. The van der Waals surface area contributed by atoms with Crippen LogP contribution in [0, 0.1) is 6.92 Å². The van der Waals surface area contributed by atoms with Gasteiger partial charge in [-0.25, -0.2) is 4.79 Å². The van der Waals surface area contributed by atoms with Crippen LogP contribution in [0.1, 0.15) is 21.5 Å². The van der Waals surface area contributed by atoms with Gasteiger partial charge in [0.2, 0.25) is 0 Å². The molecule has 6 nitrogen and oxygen atoms in total. The zero-order valence-corrected chi connectivity index (χ0v) is 16.6. The number of carbonyl (C=O) groups excluding carboxylic acids is 2. The Balaban J connectivity index is 1.41. The molecule has 2 amide bonds. The Bertz CT molecular complexity index is 931. The van der Waals surface area contributed by atoms with Crippen molar-refractivity contribution in [2.75, 3.05) is 49.1 Å². The number of carbonyl (C=O) groups is 2.